The van der Waals surface area contributed by atoms with Crippen LogP contribution in [0.4, 0.5) is 10.8 Å². The predicted molar refractivity (Wildman–Crippen MR) is 96.4 cm³/mol. The van der Waals surface area contributed by atoms with Crippen LogP contribution in [0.1, 0.15) is 4.88 Å². The van der Waals surface area contributed by atoms with Crippen LogP contribution in [0.2, 0.25) is 10.0 Å². The van der Waals surface area contributed by atoms with Crippen LogP contribution < -0.4 is 5.32 Å². The summed E-state index contributed by atoms with van der Waals surface area (Å²) in [5, 5.41) is 13.8. The second kappa shape index (κ2) is 7.17. The SMILES string of the molecule is O=C(O)Cc1sc(Nc2cc(Cl)ccc2Cl)nc1-c1ccncc1. The summed E-state index contributed by atoms with van der Waals surface area (Å²) in [6, 6.07) is 8.64. The molecular formula is C16H11Cl2N3O2S. The number of anilines is 2. The molecule has 8 heteroatoms. The molecule has 0 amide bonds. The molecule has 0 unspecified atom stereocenters. The number of hydrogen-bond donors (Lipinski definition) is 2. The van der Waals surface area contributed by atoms with E-state index >= 15 is 0 Å². The molecule has 0 radical (unpaired) electrons. The minimum Gasteiger partial charge on any atom is -0.481 e. The Bertz CT molecular complexity index is 884. The van der Waals surface area contributed by atoms with Gasteiger partial charge in [-0.3, -0.25) is 9.78 Å². The number of halogens is 2. The summed E-state index contributed by atoms with van der Waals surface area (Å²) in [6.07, 6.45) is 3.17. The van der Waals surface area contributed by atoms with E-state index in [9.17, 15) is 4.79 Å². The summed E-state index contributed by atoms with van der Waals surface area (Å²) >= 11 is 13.4. The Balaban J connectivity index is 1.99. The fraction of sp³-hybridized carbons (Fsp3) is 0.0625. The number of thiazole rings is 1. The molecule has 2 heterocycles. The third kappa shape index (κ3) is 3.84. The van der Waals surface area contributed by atoms with Crippen LogP contribution in [0.15, 0.2) is 42.7 Å². The van der Waals surface area contributed by atoms with E-state index in [0.29, 0.717) is 31.4 Å². The zero-order chi connectivity index (χ0) is 17.1. The number of hydrogen-bond acceptors (Lipinski definition) is 5. The summed E-state index contributed by atoms with van der Waals surface area (Å²) in [4.78, 5) is 20.3. The average molecular weight is 380 g/mol. The first-order valence-electron chi connectivity index (χ1n) is 6.87. The minimum absolute atomic E-state index is 0.111. The lowest BCUT2D eigenvalue weighted by molar-refractivity contribution is -0.136. The maximum Gasteiger partial charge on any atom is 0.308 e. The summed E-state index contributed by atoms with van der Waals surface area (Å²) in [6.45, 7) is 0. The quantitative estimate of drug-likeness (QED) is 0.660. The Morgan fingerprint density at radius 2 is 1.96 bits per heavy atom. The zero-order valence-corrected chi connectivity index (χ0v) is 14.5. The van der Waals surface area contributed by atoms with Crippen molar-refractivity contribution in [2.45, 2.75) is 6.42 Å². The molecular weight excluding hydrogens is 369 g/mol. The highest BCUT2D eigenvalue weighted by Crippen LogP contribution is 2.35. The van der Waals surface area contributed by atoms with Gasteiger partial charge in [-0.2, -0.15) is 0 Å². The predicted octanol–water partition coefficient (Wildman–Crippen LogP) is 4.88. The van der Waals surface area contributed by atoms with E-state index in [-0.39, 0.29) is 6.42 Å². The van der Waals surface area contributed by atoms with Gasteiger partial charge in [0.2, 0.25) is 0 Å². The number of rotatable bonds is 5. The maximum atomic E-state index is 11.1. The molecule has 0 atom stereocenters. The van der Waals surface area contributed by atoms with Gasteiger partial charge in [-0.05, 0) is 30.3 Å². The van der Waals surface area contributed by atoms with Gasteiger partial charge in [-0.15, -0.1) is 11.3 Å². The first-order chi connectivity index (χ1) is 11.5. The standard InChI is InChI=1S/C16H11Cl2N3O2S/c17-10-1-2-11(18)12(7-10)20-16-21-15(9-3-5-19-6-4-9)13(24-16)8-14(22)23/h1-7H,8H2,(H,20,21)(H,22,23). The van der Waals surface area contributed by atoms with Crippen molar-refractivity contribution in [3.63, 3.8) is 0 Å². The second-order valence-electron chi connectivity index (χ2n) is 4.85. The van der Waals surface area contributed by atoms with Crippen molar-refractivity contribution in [1.82, 2.24) is 9.97 Å². The average Bonchev–Trinajstić information content (AvgIpc) is 2.93. The summed E-state index contributed by atoms with van der Waals surface area (Å²) in [5.41, 5.74) is 2.04. The normalized spacial score (nSPS) is 10.6. The molecule has 122 valence electrons. The fourth-order valence-corrected chi connectivity index (χ4v) is 3.43. The minimum atomic E-state index is -0.915. The van der Waals surface area contributed by atoms with Crippen LogP contribution >= 0.6 is 34.5 Å². The highest BCUT2D eigenvalue weighted by molar-refractivity contribution is 7.16. The van der Waals surface area contributed by atoms with Crippen molar-refractivity contribution in [2.75, 3.05) is 5.32 Å². The Morgan fingerprint density at radius 3 is 2.67 bits per heavy atom. The lowest BCUT2D eigenvalue weighted by Crippen LogP contribution is -1.99. The molecule has 0 aliphatic rings. The van der Waals surface area contributed by atoms with Crippen LogP contribution in [0.3, 0.4) is 0 Å². The van der Waals surface area contributed by atoms with Crippen molar-refractivity contribution in [3.8, 4) is 11.3 Å². The smallest absolute Gasteiger partial charge is 0.308 e. The number of carboxylic acid groups (broad SMARTS) is 1. The Morgan fingerprint density at radius 1 is 1.21 bits per heavy atom. The molecule has 0 aliphatic carbocycles. The maximum absolute atomic E-state index is 11.1. The summed E-state index contributed by atoms with van der Waals surface area (Å²) in [7, 11) is 0. The molecule has 0 bridgehead atoms. The highest BCUT2D eigenvalue weighted by Gasteiger charge is 2.16. The van der Waals surface area contributed by atoms with E-state index in [1.807, 2.05) is 0 Å². The van der Waals surface area contributed by atoms with Gasteiger partial charge >= 0.3 is 5.97 Å². The van der Waals surface area contributed by atoms with Gasteiger partial charge in [0, 0.05) is 27.9 Å². The van der Waals surface area contributed by atoms with E-state index < -0.39 is 5.97 Å². The first kappa shape index (κ1) is 16.7. The molecule has 2 N–H and O–H groups in total. The Kier molecular flexibility index (Phi) is 4.99. The van der Waals surface area contributed by atoms with Gasteiger partial charge in [-0.25, -0.2) is 4.98 Å². The van der Waals surface area contributed by atoms with Crippen LogP contribution in [-0.4, -0.2) is 21.0 Å². The second-order valence-corrected chi connectivity index (χ2v) is 6.77. The highest BCUT2D eigenvalue weighted by atomic mass is 35.5. The molecule has 0 spiro atoms. The van der Waals surface area contributed by atoms with Crippen LogP contribution in [0.5, 0.6) is 0 Å². The topological polar surface area (TPSA) is 75.1 Å². The van der Waals surface area contributed by atoms with Crippen LogP contribution in [-0.2, 0) is 11.2 Å². The van der Waals surface area contributed by atoms with Crippen molar-refractivity contribution in [1.29, 1.82) is 0 Å². The lowest BCUT2D eigenvalue weighted by Gasteiger charge is -2.05. The van der Waals surface area contributed by atoms with Gasteiger partial charge in [0.15, 0.2) is 5.13 Å². The molecule has 5 nitrogen and oxygen atoms in total. The number of carbonyl (C=O) groups is 1. The zero-order valence-electron chi connectivity index (χ0n) is 12.2. The summed E-state index contributed by atoms with van der Waals surface area (Å²) in [5.74, 6) is -0.915. The van der Waals surface area contributed by atoms with Crippen molar-refractivity contribution in [3.05, 3.63) is 57.6 Å². The fourth-order valence-electron chi connectivity index (χ4n) is 2.11. The van der Waals surface area contributed by atoms with Gasteiger partial charge in [0.05, 0.1) is 22.8 Å². The largest absolute Gasteiger partial charge is 0.481 e. The molecule has 0 saturated carbocycles. The van der Waals surface area contributed by atoms with E-state index in [1.54, 1.807) is 42.7 Å². The van der Waals surface area contributed by atoms with Gasteiger partial charge in [0.1, 0.15) is 0 Å². The molecule has 0 aliphatic heterocycles. The molecule has 0 saturated heterocycles. The number of benzene rings is 1. The Labute approximate surface area is 151 Å². The number of nitrogens with zero attached hydrogens (tertiary/aromatic N) is 2. The molecule has 1 aromatic carbocycles. The number of nitrogens with one attached hydrogen (secondary N) is 1. The van der Waals surface area contributed by atoms with Crippen LogP contribution in [0, 0.1) is 0 Å². The van der Waals surface area contributed by atoms with Crippen molar-refractivity contribution < 1.29 is 9.90 Å². The number of aliphatic carboxylic acids is 1. The van der Waals surface area contributed by atoms with Gasteiger partial charge in [0.25, 0.3) is 0 Å². The third-order valence-corrected chi connectivity index (χ3v) is 4.67. The number of pyridine rings is 1. The van der Waals surface area contributed by atoms with E-state index in [2.05, 4.69) is 15.3 Å². The van der Waals surface area contributed by atoms with Gasteiger partial charge in [-0.1, -0.05) is 23.2 Å². The summed E-state index contributed by atoms with van der Waals surface area (Å²) < 4.78 is 0. The third-order valence-electron chi connectivity index (χ3n) is 3.13. The Hall–Kier alpha value is -2.15. The molecule has 2 aromatic heterocycles. The van der Waals surface area contributed by atoms with Gasteiger partial charge < -0.3 is 10.4 Å². The molecule has 3 aromatic rings. The monoisotopic (exact) mass is 379 g/mol. The molecule has 24 heavy (non-hydrogen) atoms. The molecule has 3 rings (SSSR count). The first-order valence-corrected chi connectivity index (χ1v) is 8.44. The lowest BCUT2D eigenvalue weighted by atomic mass is 10.1. The van der Waals surface area contributed by atoms with E-state index in [1.165, 1.54) is 11.3 Å². The van der Waals surface area contributed by atoms with Crippen molar-refractivity contribution >= 4 is 51.3 Å². The molecule has 0 fully saturated rings. The van der Waals surface area contributed by atoms with E-state index in [4.69, 9.17) is 28.3 Å². The van der Waals surface area contributed by atoms with E-state index in [0.717, 1.165) is 5.56 Å². The number of carboxylic acids is 1. The van der Waals surface area contributed by atoms with Crippen LogP contribution in [0.25, 0.3) is 11.3 Å². The van der Waals surface area contributed by atoms with Crippen molar-refractivity contribution in [2.24, 2.45) is 0 Å². The number of aromatic nitrogens is 2.